The summed E-state index contributed by atoms with van der Waals surface area (Å²) in [6.07, 6.45) is 0. The Labute approximate surface area is 183 Å². The quantitative estimate of drug-likeness (QED) is 0.525. The lowest BCUT2D eigenvalue weighted by atomic mass is 10.5. The van der Waals surface area contributed by atoms with E-state index >= 15 is 0 Å². The third-order valence-electron chi connectivity index (χ3n) is 2.18. The number of hydrogen-bond donors (Lipinski definition) is 2. The van der Waals surface area contributed by atoms with Crippen molar-refractivity contribution in [3.63, 3.8) is 0 Å². The summed E-state index contributed by atoms with van der Waals surface area (Å²) in [4.78, 5) is 14.8. The Morgan fingerprint density at radius 2 is 0.931 bits per heavy atom. The number of ether oxygens (including phenoxy) is 2. The molecule has 0 aromatic rings. The lowest BCUT2D eigenvalue weighted by Crippen LogP contribution is -2.03. The first-order chi connectivity index (χ1) is 13.0. The second-order valence-electron chi connectivity index (χ2n) is 4.87. The number of nitrogens with two attached hydrogens (primary N) is 2. The van der Waals surface area contributed by atoms with Crippen LogP contribution in [0.25, 0.3) is 0 Å². The molecular weight excluding hydrogens is 368 g/mol. The Morgan fingerprint density at radius 3 is 0.966 bits per heavy atom. The smallest absolute Gasteiger partial charge is 0.0902 e. The summed E-state index contributed by atoms with van der Waals surface area (Å²) in [5.41, 5.74) is 12.2. The van der Waals surface area contributed by atoms with Crippen LogP contribution in [0.2, 0.25) is 0 Å². The minimum Gasteiger partial charge on any atom is -0.388 e. The van der Waals surface area contributed by atoms with Crippen molar-refractivity contribution < 1.29 is 9.47 Å². The molecule has 0 aromatic carbocycles. The molecule has 0 bridgehead atoms. The van der Waals surface area contributed by atoms with Crippen LogP contribution in [0, 0.1) is 0 Å². The molecule has 0 radical (unpaired) electrons. The predicted molar refractivity (Wildman–Crippen MR) is 138 cm³/mol. The van der Waals surface area contributed by atoms with Crippen molar-refractivity contribution in [2.45, 2.75) is 62.8 Å². The number of nitrogens with zero attached hydrogens (tertiary/aromatic N) is 4. The summed E-state index contributed by atoms with van der Waals surface area (Å²) >= 11 is 0. The summed E-state index contributed by atoms with van der Waals surface area (Å²) in [6.45, 7) is 16.8. The molecule has 8 heteroatoms. The Kier molecular flexibility index (Phi) is 79.3. The summed E-state index contributed by atoms with van der Waals surface area (Å²) < 4.78 is 9.31. The molecule has 0 aliphatic carbocycles. The molecule has 0 saturated heterocycles. The van der Waals surface area contributed by atoms with Gasteiger partial charge >= 0.3 is 0 Å². The van der Waals surface area contributed by atoms with Gasteiger partial charge in [0.15, 0.2) is 0 Å². The first kappa shape index (κ1) is 45.8. The molecule has 4 N–H and O–H groups in total. The molecule has 29 heavy (non-hydrogen) atoms. The second-order valence-corrected chi connectivity index (χ2v) is 4.87. The zero-order valence-corrected chi connectivity index (χ0v) is 21.2. The van der Waals surface area contributed by atoms with Gasteiger partial charge in [-0.2, -0.15) is 0 Å². The molecule has 0 aliphatic heterocycles. The minimum atomic E-state index is 0. The summed E-state index contributed by atoms with van der Waals surface area (Å²) in [5, 5.41) is 0. The first-order valence-corrected chi connectivity index (χ1v) is 9.22. The second kappa shape index (κ2) is 50.2. The molecule has 0 atom stereocenters. The van der Waals surface area contributed by atoms with E-state index in [0.717, 1.165) is 18.0 Å². The van der Waals surface area contributed by atoms with Gasteiger partial charge in [-0.05, 0) is 41.5 Å². The molecule has 0 rings (SSSR count). The highest BCUT2D eigenvalue weighted by atomic mass is 16.5. The van der Waals surface area contributed by atoms with E-state index in [9.17, 15) is 0 Å². The fourth-order valence-corrected chi connectivity index (χ4v) is 0.273. The third kappa shape index (κ3) is 147. The number of aliphatic imine (C=N–C) groups is 4. The molecule has 0 amide bonds. The lowest BCUT2D eigenvalue weighted by Gasteiger charge is -1.92. The van der Waals surface area contributed by atoms with Crippen molar-refractivity contribution in [2.75, 3.05) is 55.6 Å². The van der Waals surface area contributed by atoms with Crippen molar-refractivity contribution in [3.8, 4) is 0 Å². The highest BCUT2D eigenvalue weighted by Crippen LogP contribution is 1.73. The van der Waals surface area contributed by atoms with Gasteiger partial charge in [0, 0.05) is 60.4 Å². The van der Waals surface area contributed by atoms with Crippen molar-refractivity contribution in [1.82, 2.24) is 0 Å². The number of hydrogen-bond acceptors (Lipinski definition) is 6. The summed E-state index contributed by atoms with van der Waals surface area (Å²) in [5.74, 6) is 1.26. The third-order valence-corrected chi connectivity index (χ3v) is 2.18. The van der Waals surface area contributed by atoms with E-state index in [1.165, 1.54) is 0 Å². The Balaban J connectivity index is -0.0000000409. The van der Waals surface area contributed by atoms with E-state index in [2.05, 4.69) is 24.7 Å². The number of amidine groups is 2. The van der Waals surface area contributed by atoms with Crippen LogP contribution < -0.4 is 11.5 Å². The topological polar surface area (TPSA) is 120 Å². The van der Waals surface area contributed by atoms with Crippen molar-refractivity contribution in [1.29, 1.82) is 0 Å². The molecule has 0 fully saturated rings. The van der Waals surface area contributed by atoms with E-state index in [0.29, 0.717) is 18.3 Å². The normalized spacial score (nSPS) is 9.52. The SMILES string of the molecule is C.CC.CCOC.CN=C(C)C.CN=C(C)COC.CN=C(C)N.CN=C(C)N. The van der Waals surface area contributed by atoms with Crippen LogP contribution in [0.15, 0.2) is 20.0 Å². The Morgan fingerprint density at radius 1 is 0.690 bits per heavy atom. The molecular formula is C21H54N6O2. The van der Waals surface area contributed by atoms with Crippen molar-refractivity contribution in [2.24, 2.45) is 31.4 Å². The van der Waals surface area contributed by atoms with Crippen LogP contribution in [0.4, 0.5) is 0 Å². The van der Waals surface area contributed by atoms with E-state index in [1.54, 1.807) is 56.3 Å². The molecule has 0 unspecified atom stereocenters. The van der Waals surface area contributed by atoms with E-state index in [1.807, 2.05) is 41.5 Å². The van der Waals surface area contributed by atoms with Crippen molar-refractivity contribution in [3.05, 3.63) is 0 Å². The maximum Gasteiger partial charge on any atom is 0.0902 e. The van der Waals surface area contributed by atoms with Gasteiger partial charge in [-0.25, -0.2) is 0 Å². The standard InChI is InChI=1S/C5H11NO.C4H9N.2C3H8N2.C3H8O.C2H6.CH4/c1-5(6-2)4-7-3;1-4(2)5-3;2*1-3(4)5-2;1-3-4-2;1-2;/h4H2,1-3H3;1-3H3;2*1-2H3,(H2,4,5);3H2,1-2H3;1-2H3;1H4. The maximum atomic E-state index is 5.04. The number of rotatable bonds is 3. The molecule has 8 nitrogen and oxygen atoms in total. The Bertz CT molecular complexity index is 327. The molecule has 0 heterocycles. The van der Waals surface area contributed by atoms with Gasteiger partial charge in [-0.15, -0.1) is 0 Å². The zero-order valence-electron chi connectivity index (χ0n) is 21.2. The largest absolute Gasteiger partial charge is 0.388 e. The monoisotopic (exact) mass is 422 g/mol. The predicted octanol–water partition coefficient (Wildman–Crippen LogP) is 4.12. The highest BCUT2D eigenvalue weighted by Gasteiger charge is 1.81. The van der Waals surface area contributed by atoms with Gasteiger partial charge in [-0.1, -0.05) is 21.3 Å². The van der Waals surface area contributed by atoms with Gasteiger partial charge in [0.1, 0.15) is 0 Å². The van der Waals surface area contributed by atoms with E-state index in [-0.39, 0.29) is 7.43 Å². The van der Waals surface area contributed by atoms with E-state index < -0.39 is 0 Å². The van der Waals surface area contributed by atoms with Crippen LogP contribution in [-0.2, 0) is 9.47 Å². The van der Waals surface area contributed by atoms with Crippen LogP contribution in [0.5, 0.6) is 0 Å². The average molecular weight is 423 g/mol. The van der Waals surface area contributed by atoms with Crippen LogP contribution in [-0.4, -0.2) is 78.7 Å². The van der Waals surface area contributed by atoms with Crippen LogP contribution in [0.3, 0.4) is 0 Å². The fraction of sp³-hybridized carbons (Fsp3) is 0.810. The lowest BCUT2D eigenvalue weighted by molar-refractivity contribution is 0.215. The number of methoxy groups -OCH3 is 2. The molecule has 0 saturated carbocycles. The first-order valence-electron chi connectivity index (χ1n) is 9.22. The van der Waals surface area contributed by atoms with Gasteiger partial charge in [0.05, 0.1) is 18.3 Å². The van der Waals surface area contributed by atoms with Gasteiger partial charge < -0.3 is 20.9 Å². The van der Waals surface area contributed by atoms with Gasteiger partial charge in [0.25, 0.3) is 0 Å². The highest BCUT2D eigenvalue weighted by molar-refractivity contribution is 5.82. The molecule has 180 valence electrons. The van der Waals surface area contributed by atoms with Crippen LogP contribution in [0.1, 0.15) is 62.8 Å². The maximum absolute atomic E-state index is 5.04. The van der Waals surface area contributed by atoms with Crippen LogP contribution >= 0.6 is 0 Å². The van der Waals surface area contributed by atoms with Crippen molar-refractivity contribution >= 4 is 23.1 Å². The molecule has 0 aliphatic rings. The minimum absolute atomic E-state index is 0. The molecule has 0 spiro atoms. The Hall–Kier alpha value is -1.80. The zero-order chi connectivity index (χ0) is 24.0. The summed E-state index contributed by atoms with van der Waals surface area (Å²) in [6, 6.07) is 0. The fourth-order valence-electron chi connectivity index (χ4n) is 0.273. The molecule has 0 aromatic heterocycles. The van der Waals surface area contributed by atoms with Gasteiger partial charge in [-0.3, -0.25) is 20.0 Å². The average Bonchev–Trinajstić information content (AvgIpc) is 2.70. The summed E-state index contributed by atoms with van der Waals surface area (Å²) in [7, 11) is 10.2. The van der Waals surface area contributed by atoms with E-state index in [4.69, 9.17) is 16.2 Å². The van der Waals surface area contributed by atoms with Gasteiger partial charge in [0.2, 0.25) is 0 Å².